The lowest BCUT2D eigenvalue weighted by atomic mass is 10.1. The van der Waals surface area contributed by atoms with Crippen LogP contribution >= 0.6 is 0 Å². The van der Waals surface area contributed by atoms with Crippen LogP contribution in [0, 0.1) is 0 Å². The van der Waals surface area contributed by atoms with Crippen LogP contribution in [0.3, 0.4) is 0 Å². The molecule has 0 fully saturated rings. The van der Waals surface area contributed by atoms with Crippen LogP contribution < -0.4 is 9.47 Å². The fourth-order valence-electron chi connectivity index (χ4n) is 2.34. The number of ketones is 1. The normalized spacial score (nSPS) is 10.8. The van der Waals surface area contributed by atoms with Crippen molar-refractivity contribution in [3.63, 3.8) is 0 Å². The first kappa shape index (κ1) is 17.4. The van der Waals surface area contributed by atoms with E-state index >= 15 is 0 Å². The minimum atomic E-state index is -0.00852. The van der Waals surface area contributed by atoms with Crippen LogP contribution in [-0.4, -0.2) is 27.9 Å². The lowest BCUT2D eigenvalue weighted by Crippen LogP contribution is -1.98. The van der Waals surface area contributed by atoms with E-state index in [1.54, 1.807) is 23.9 Å². The number of methoxy groups -OCH3 is 1. The molecule has 3 aromatic rings. The van der Waals surface area contributed by atoms with Crippen LogP contribution in [0.15, 0.2) is 60.8 Å². The van der Waals surface area contributed by atoms with E-state index < -0.39 is 0 Å². The first-order chi connectivity index (χ1) is 12.7. The van der Waals surface area contributed by atoms with E-state index in [1.807, 2.05) is 48.7 Å². The topological polar surface area (TPSA) is 66.2 Å². The minimum absolute atomic E-state index is 0.00852. The second-order valence-corrected chi connectivity index (χ2v) is 5.63. The molecule has 3 rings (SSSR count). The van der Waals surface area contributed by atoms with Crippen molar-refractivity contribution >= 4 is 11.9 Å². The molecule has 0 amide bonds. The molecular formula is C20H19N3O3. The van der Waals surface area contributed by atoms with Crippen molar-refractivity contribution in [1.29, 1.82) is 0 Å². The zero-order valence-electron chi connectivity index (χ0n) is 14.6. The van der Waals surface area contributed by atoms with E-state index in [2.05, 4.69) is 10.3 Å². The Hall–Kier alpha value is -3.41. The summed E-state index contributed by atoms with van der Waals surface area (Å²) in [4.78, 5) is 11.0. The molecule has 0 bridgehead atoms. The number of allylic oxidation sites excluding steroid dienone is 1. The predicted octanol–water partition coefficient (Wildman–Crippen LogP) is 3.46. The number of nitrogens with zero attached hydrogens (tertiary/aromatic N) is 3. The first-order valence-corrected chi connectivity index (χ1v) is 8.12. The summed E-state index contributed by atoms with van der Waals surface area (Å²) in [6.45, 7) is 1.78. The van der Waals surface area contributed by atoms with Gasteiger partial charge in [-0.25, -0.2) is 4.68 Å². The van der Waals surface area contributed by atoms with Gasteiger partial charge in [-0.05, 0) is 42.8 Å². The lowest BCUT2D eigenvalue weighted by Gasteiger charge is -2.10. The summed E-state index contributed by atoms with van der Waals surface area (Å²) >= 11 is 0. The fraction of sp³-hybridized carbons (Fsp3) is 0.150. The van der Waals surface area contributed by atoms with E-state index in [0.717, 1.165) is 11.3 Å². The summed E-state index contributed by atoms with van der Waals surface area (Å²) in [6.07, 6.45) is 5.07. The third kappa shape index (κ3) is 4.36. The van der Waals surface area contributed by atoms with Gasteiger partial charge >= 0.3 is 0 Å². The molecule has 0 aliphatic heterocycles. The molecule has 6 nitrogen and oxygen atoms in total. The van der Waals surface area contributed by atoms with Crippen molar-refractivity contribution < 1.29 is 14.3 Å². The van der Waals surface area contributed by atoms with Gasteiger partial charge < -0.3 is 9.47 Å². The predicted molar refractivity (Wildman–Crippen MR) is 98.4 cm³/mol. The van der Waals surface area contributed by atoms with Crippen LogP contribution in [0.4, 0.5) is 0 Å². The van der Waals surface area contributed by atoms with Gasteiger partial charge in [0.25, 0.3) is 0 Å². The Bertz CT molecular complexity index is 917. The maximum absolute atomic E-state index is 11.0. The Balaban J connectivity index is 1.70. The number of rotatable bonds is 7. The van der Waals surface area contributed by atoms with Crippen molar-refractivity contribution in [1.82, 2.24) is 15.0 Å². The van der Waals surface area contributed by atoms with E-state index in [4.69, 9.17) is 9.47 Å². The molecule has 0 radical (unpaired) electrons. The van der Waals surface area contributed by atoms with Crippen molar-refractivity contribution in [3.05, 3.63) is 72.1 Å². The van der Waals surface area contributed by atoms with Crippen molar-refractivity contribution in [2.75, 3.05) is 7.11 Å². The van der Waals surface area contributed by atoms with Gasteiger partial charge in [-0.1, -0.05) is 35.6 Å². The number of para-hydroxylation sites is 1. The molecule has 1 heterocycles. The average Bonchev–Trinajstić information content (AvgIpc) is 3.14. The highest BCUT2D eigenvalue weighted by Crippen LogP contribution is 2.29. The molecule has 0 spiro atoms. The molecule has 0 aliphatic carbocycles. The highest BCUT2D eigenvalue weighted by Gasteiger charge is 2.08. The van der Waals surface area contributed by atoms with Gasteiger partial charge in [-0.3, -0.25) is 4.79 Å². The SMILES string of the molecule is COc1cc(/C=C/C(C)=O)ccc1OCc1cn(-c2ccccc2)nn1. The van der Waals surface area contributed by atoms with Crippen molar-refractivity contribution in [3.8, 4) is 17.2 Å². The van der Waals surface area contributed by atoms with Gasteiger partial charge in [0.05, 0.1) is 19.0 Å². The number of hydrogen-bond donors (Lipinski definition) is 0. The number of benzene rings is 2. The quantitative estimate of drug-likeness (QED) is 0.611. The molecular weight excluding hydrogens is 330 g/mol. The Morgan fingerprint density at radius 1 is 1.15 bits per heavy atom. The van der Waals surface area contributed by atoms with E-state index in [0.29, 0.717) is 17.2 Å². The maximum atomic E-state index is 11.0. The number of ether oxygens (including phenoxy) is 2. The maximum Gasteiger partial charge on any atom is 0.161 e. The van der Waals surface area contributed by atoms with Crippen LogP contribution in [-0.2, 0) is 11.4 Å². The third-order valence-corrected chi connectivity index (χ3v) is 3.64. The van der Waals surface area contributed by atoms with Crippen molar-refractivity contribution in [2.24, 2.45) is 0 Å². The zero-order chi connectivity index (χ0) is 18.4. The lowest BCUT2D eigenvalue weighted by molar-refractivity contribution is -0.112. The number of aromatic nitrogens is 3. The summed E-state index contributed by atoms with van der Waals surface area (Å²) in [6, 6.07) is 15.2. The molecule has 0 saturated heterocycles. The van der Waals surface area contributed by atoms with Crippen LogP contribution in [0.25, 0.3) is 11.8 Å². The minimum Gasteiger partial charge on any atom is -0.493 e. The molecule has 0 N–H and O–H groups in total. The number of carbonyl (C=O) groups excluding carboxylic acids is 1. The van der Waals surface area contributed by atoms with E-state index in [9.17, 15) is 4.79 Å². The zero-order valence-corrected chi connectivity index (χ0v) is 14.6. The molecule has 2 aromatic carbocycles. The molecule has 132 valence electrons. The second-order valence-electron chi connectivity index (χ2n) is 5.63. The standard InChI is InChI=1S/C20H19N3O3/c1-15(24)8-9-16-10-11-19(20(12-16)25-2)26-14-17-13-23(22-21-17)18-6-4-3-5-7-18/h3-13H,14H2,1-2H3/b9-8+. The smallest absolute Gasteiger partial charge is 0.161 e. The van der Waals surface area contributed by atoms with Crippen LogP contribution in [0.1, 0.15) is 18.2 Å². The van der Waals surface area contributed by atoms with Crippen LogP contribution in [0.2, 0.25) is 0 Å². The molecule has 6 heteroatoms. The second kappa shape index (κ2) is 8.11. The van der Waals surface area contributed by atoms with Gasteiger partial charge in [0, 0.05) is 0 Å². The molecule has 26 heavy (non-hydrogen) atoms. The molecule has 0 atom stereocenters. The molecule has 1 aromatic heterocycles. The van der Waals surface area contributed by atoms with Gasteiger partial charge in [0.1, 0.15) is 12.3 Å². The summed E-state index contributed by atoms with van der Waals surface area (Å²) in [5.74, 6) is 1.18. The summed E-state index contributed by atoms with van der Waals surface area (Å²) in [7, 11) is 1.58. The summed E-state index contributed by atoms with van der Waals surface area (Å²) in [5.41, 5.74) is 2.50. The van der Waals surface area contributed by atoms with Crippen LogP contribution in [0.5, 0.6) is 11.5 Å². The van der Waals surface area contributed by atoms with E-state index in [1.165, 1.54) is 13.0 Å². The first-order valence-electron chi connectivity index (χ1n) is 8.12. The van der Waals surface area contributed by atoms with Crippen molar-refractivity contribution in [2.45, 2.75) is 13.5 Å². The summed E-state index contributed by atoms with van der Waals surface area (Å²) in [5, 5.41) is 8.24. The third-order valence-electron chi connectivity index (χ3n) is 3.64. The molecule has 0 saturated carbocycles. The Morgan fingerprint density at radius 2 is 1.96 bits per heavy atom. The number of carbonyl (C=O) groups is 1. The molecule has 0 unspecified atom stereocenters. The Kier molecular flexibility index (Phi) is 5.43. The Labute approximate surface area is 151 Å². The fourth-order valence-corrected chi connectivity index (χ4v) is 2.34. The average molecular weight is 349 g/mol. The highest BCUT2D eigenvalue weighted by molar-refractivity contribution is 5.91. The monoisotopic (exact) mass is 349 g/mol. The van der Waals surface area contributed by atoms with Gasteiger partial charge in [-0.15, -0.1) is 5.10 Å². The van der Waals surface area contributed by atoms with E-state index in [-0.39, 0.29) is 12.4 Å². The highest BCUT2D eigenvalue weighted by atomic mass is 16.5. The Morgan fingerprint density at radius 3 is 2.69 bits per heavy atom. The molecule has 0 aliphatic rings. The van der Waals surface area contributed by atoms with Gasteiger partial charge in [0.2, 0.25) is 0 Å². The van der Waals surface area contributed by atoms with Gasteiger partial charge in [0.15, 0.2) is 17.3 Å². The largest absolute Gasteiger partial charge is 0.493 e. The summed E-state index contributed by atoms with van der Waals surface area (Å²) < 4.78 is 12.9. The van der Waals surface area contributed by atoms with Gasteiger partial charge in [-0.2, -0.15) is 0 Å². The number of hydrogen-bond acceptors (Lipinski definition) is 5.